The average molecular weight is 820 g/mol. The normalized spacial score (nSPS) is 11.1. The highest BCUT2D eigenvalue weighted by Gasteiger charge is 2.21. The molecule has 3 heterocycles. The van der Waals surface area contributed by atoms with Crippen molar-refractivity contribution in [1.29, 1.82) is 0 Å². The van der Waals surface area contributed by atoms with Gasteiger partial charge in [0.05, 0.1) is 0 Å². The number of benzene rings is 8. The van der Waals surface area contributed by atoms with E-state index in [-0.39, 0.29) is 0 Å². The lowest BCUT2D eigenvalue weighted by Crippen LogP contribution is -2.01. The van der Waals surface area contributed by atoms with Gasteiger partial charge in [0.1, 0.15) is 0 Å². The molecule has 0 atom stereocenters. The number of rotatable bonds is 9. The fourth-order valence-corrected chi connectivity index (χ4v) is 8.19. The monoisotopic (exact) mass is 819 g/mol. The molecule has 0 unspecified atom stereocenters. The third kappa shape index (κ3) is 7.59. The van der Waals surface area contributed by atoms with Crippen molar-refractivity contribution in [2.45, 2.75) is 0 Å². The van der Waals surface area contributed by atoms with E-state index in [4.69, 9.17) is 29.9 Å². The first-order valence-corrected chi connectivity index (χ1v) is 21.1. The highest BCUT2D eigenvalue weighted by atomic mass is 15.0. The van der Waals surface area contributed by atoms with Crippen LogP contribution in [0.5, 0.6) is 0 Å². The molecule has 0 fully saturated rings. The Morgan fingerprint density at radius 2 is 0.641 bits per heavy atom. The Morgan fingerprint density at radius 1 is 0.219 bits per heavy atom. The summed E-state index contributed by atoms with van der Waals surface area (Å²) in [4.78, 5) is 34.9. The fourth-order valence-electron chi connectivity index (χ4n) is 8.19. The van der Waals surface area contributed by atoms with Gasteiger partial charge in [-0.25, -0.2) is 29.9 Å². The van der Waals surface area contributed by atoms with Gasteiger partial charge in [0.25, 0.3) is 0 Å². The second-order valence-electron chi connectivity index (χ2n) is 15.4. The smallest absolute Gasteiger partial charge is 0.164 e. The minimum absolute atomic E-state index is 0.582. The molecule has 11 aromatic rings. The predicted octanol–water partition coefficient (Wildman–Crippen LogP) is 13.6. The number of aromatic nitrogens is 7. The van der Waals surface area contributed by atoms with Crippen molar-refractivity contribution in [2.24, 2.45) is 0 Å². The summed E-state index contributed by atoms with van der Waals surface area (Å²) in [6.07, 6.45) is 3.68. The average Bonchev–Trinajstić information content (AvgIpc) is 3.39. The third-order valence-electron chi connectivity index (χ3n) is 11.3. The molecular formula is C57H37N7. The number of fused-ring (bicyclic) bond motifs is 1. The van der Waals surface area contributed by atoms with Crippen molar-refractivity contribution in [3.8, 4) is 102 Å². The molecule has 7 heteroatoms. The van der Waals surface area contributed by atoms with E-state index in [0.717, 1.165) is 77.5 Å². The van der Waals surface area contributed by atoms with Crippen LogP contribution >= 0.6 is 0 Å². The summed E-state index contributed by atoms with van der Waals surface area (Å²) in [5.74, 6) is 3.61. The van der Waals surface area contributed by atoms with E-state index in [2.05, 4.69) is 120 Å². The van der Waals surface area contributed by atoms with Crippen molar-refractivity contribution >= 4 is 10.8 Å². The summed E-state index contributed by atoms with van der Waals surface area (Å²) in [5, 5.41) is 2.28. The molecule has 0 aliphatic carbocycles. The van der Waals surface area contributed by atoms with Crippen LogP contribution in [0, 0.1) is 0 Å². The number of nitrogens with zero attached hydrogens (tertiary/aromatic N) is 7. The maximum Gasteiger partial charge on any atom is 0.164 e. The second-order valence-corrected chi connectivity index (χ2v) is 15.4. The Hall–Kier alpha value is -8.81. The number of hydrogen-bond donors (Lipinski definition) is 0. The van der Waals surface area contributed by atoms with Gasteiger partial charge in [0.15, 0.2) is 34.9 Å². The third-order valence-corrected chi connectivity index (χ3v) is 11.3. The molecule has 0 spiro atoms. The van der Waals surface area contributed by atoms with Crippen molar-refractivity contribution in [3.05, 3.63) is 225 Å². The van der Waals surface area contributed by atoms with Crippen molar-refractivity contribution < 1.29 is 0 Å². The molecule has 8 aromatic carbocycles. The summed E-state index contributed by atoms with van der Waals surface area (Å²) >= 11 is 0. The van der Waals surface area contributed by atoms with Crippen LogP contribution in [0.4, 0.5) is 0 Å². The van der Waals surface area contributed by atoms with Gasteiger partial charge in [-0.2, -0.15) is 0 Å². The van der Waals surface area contributed by atoms with Crippen LogP contribution in [0.15, 0.2) is 225 Å². The highest BCUT2D eigenvalue weighted by molar-refractivity contribution is 5.98. The standard InChI is InChI=1S/C57H37N7/c1-4-17-40(18-5-1)52-59-53(41-19-6-2-7-20-41)61-55(60-52)45-25-14-24-44(37-45)47-28-15-29-49(51(47)39-32-34-58-35-33-39)48-26-12-13-27-50(48)57-63-54(42-21-8-3-9-22-42)62-56(64-57)46-31-30-38-16-10-11-23-43(38)36-46/h1-37H. The van der Waals surface area contributed by atoms with Crippen molar-refractivity contribution in [1.82, 2.24) is 34.9 Å². The number of hydrogen-bond acceptors (Lipinski definition) is 7. The molecule has 0 saturated heterocycles. The lowest BCUT2D eigenvalue weighted by atomic mass is 9.86. The van der Waals surface area contributed by atoms with E-state index in [9.17, 15) is 0 Å². The molecule has 64 heavy (non-hydrogen) atoms. The SMILES string of the molecule is c1ccc(-c2nc(-c3ccccc3)nc(-c3cccc(-c4cccc(-c5ccccc5-c5nc(-c6ccccc6)nc(-c6ccc7ccccc7c6)n5)c4-c4ccncc4)c3)n2)cc1. The summed E-state index contributed by atoms with van der Waals surface area (Å²) in [6, 6.07) is 72.3. The van der Waals surface area contributed by atoms with Crippen LogP contribution in [0.2, 0.25) is 0 Å². The molecule has 0 saturated carbocycles. The van der Waals surface area contributed by atoms with E-state index in [0.29, 0.717) is 34.9 Å². The largest absolute Gasteiger partial charge is 0.265 e. The second kappa shape index (κ2) is 16.9. The van der Waals surface area contributed by atoms with Crippen LogP contribution < -0.4 is 0 Å². The molecule has 0 N–H and O–H groups in total. The van der Waals surface area contributed by atoms with E-state index in [1.54, 1.807) is 0 Å². The fraction of sp³-hybridized carbons (Fsp3) is 0. The van der Waals surface area contributed by atoms with Crippen LogP contribution in [0.3, 0.4) is 0 Å². The van der Waals surface area contributed by atoms with E-state index < -0.39 is 0 Å². The van der Waals surface area contributed by atoms with Crippen molar-refractivity contribution in [2.75, 3.05) is 0 Å². The zero-order valence-electron chi connectivity index (χ0n) is 34.5. The first kappa shape index (κ1) is 38.1. The predicted molar refractivity (Wildman–Crippen MR) is 257 cm³/mol. The summed E-state index contributed by atoms with van der Waals surface area (Å²) in [7, 11) is 0. The summed E-state index contributed by atoms with van der Waals surface area (Å²) < 4.78 is 0. The Kier molecular flexibility index (Phi) is 10.1. The van der Waals surface area contributed by atoms with Crippen LogP contribution in [0.25, 0.3) is 112 Å². The molecule has 0 radical (unpaired) electrons. The van der Waals surface area contributed by atoms with Gasteiger partial charge in [-0.1, -0.05) is 188 Å². The Morgan fingerprint density at radius 3 is 1.25 bits per heavy atom. The zero-order chi connectivity index (χ0) is 42.7. The molecular weight excluding hydrogens is 783 g/mol. The van der Waals surface area contributed by atoms with Gasteiger partial charge in [0, 0.05) is 45.8 Å². The molecule has 3 aromatic heterocycles. The van der Waals surface area contributed by atoms with Crippen LogP contribution in [-0.4, -0.2) is 34.9 Å². The highest BCUT2D eigenvalue weighted by Crippen LogP contribution is 2.43. The van der Waals surface area contributed by atoms with Gasteiger partial charge in [-0.3, -0.25) is 4.98 Å². The van der Waals surface area contributed by atoms with Gasteiger partial charge in [0.2, 0.25) is 0 Å². The van der Waals surface area contributed by atoms with Gasteiger partial charge in [-0.15, -0.1) is 0 Å². The minimum Gasteiger partial charge on any atom is -0.265 e. The lowest BCUT2D eigenvalue weighted by Gasteiger charge is -2.19. The minimum atomic E-state index is 0.582. The molecule has 0 aliphatic heterocycles. The first-order chi connectivity index (χ1) is 31.7. The van der Waals surface area contributed by atoms with Gasteiger partial charge >= 0.3 is 0 Å². The maximum absolute atomic E-state index is 5.23. The van der Waals surface area contributed by atoms with E-state index >= 15 is 0 Å². The van der Waals surface area contributed by atoms with E-state index in [1.807, 2.05) is 109 Å². The molecule has 300 valence electrons. The van der Waals surface area contributed by atoms with Crippen molar-refractivity contribution in [3.63, 3.8) is 0 Å². The van der Waals surface area contributed by atoms with Crippen LogP contribution in [-0.2, 0) is 0 Å². The quantitative estimate of drug-likeness (QED) is 0.143. The van der Waals surface area contributed by atoms with Gasteiger partial charge < -0.3 is 0 Å². The molecule has 7 nitrogen and oxygen atoms in total. The molecule has 0 bridgehead atoms. The maximum atomic E-state index is 5.23. The first-order valence-electron chi connectivity index (χ1n) is 21.1. The molecule has 0 aliphatic rings. The summed E-state index contributed by atoms with van der Waals surface area (Å²) in [5.41, 5.74) is 11.6. The zero-order valence-corrected chi connectivity index (χ0v) is 34.5. The van der Waals surface area contributed by atoms with E-state index in [1.165, 1.54) is 0 Å². The lowest BCUT2D eigenvalue weighted by molar-refractivity contribution is 1.07. The Balaban J connectivity index is 1.08. The van der Waals surface area contributed by atoms with Gasteiger partial charge in [-0.05, 0) is 68.4 Å². The molecule has 11 rings (SSSR count). The Labute approximate surface area is 370 Å². The Bertz CT molecular complexity index is 3380. The number of pyridine rings is 1. The van der Waals surface area contributed by atoms with Crippen LogP contribution in [0.1, 0.15) is 0 Å². The topological polar surface area (TPSA) is 90.2 Å². The molecule has 0 amide bonds. The summed E-state index contributed by atoms with van der Waals surface area (Å²) in [6.45, 7) is 0.